The Morgan fingerprint density at radius 1 is 0.194 bits per heavy atom. The maximum absolute atomic E-state index is 5.37. The van der Waals surface area contributed by atoms with Gasteiger partial charge in [0.25, 0.3) is 0 Å². The lowest BCUT2D eigenvalue weighted by Crippen LogP contribution is -1.95. The van der Waals surface area contributed by atoms with Gasteiger partial charge in [-0.2, -0.15) is 0 Å². The Morgan fingerprint density at radius 3 is 0.887 bits per heavy atom. The molecule has 0 N–H and O–H groups in total. The Morgan fingerprint density at radius 2 is 0.500 bits per heavy atom. The van der Waals surface area contributed by atoms with Gasteiger partial charge in [0.05, 0.1) is 45.2 Å². The van der Waals surface area contributed by atoms with Crippen molar-refractivity contribution in [3.05, 3.63) is 231 Å². The first-order chi connectivity index (χ1) is 30.7. The Hall–Kier alpha value is -8.34. The lowest BCUT2D eigenvalue weighted by molar-refractivity contribution is 1.31. The zero-order chi connectivity index (χ0) is 41.2. The van der Waals surface area contributed by atoms with E-state index in [1.807, 2.05) is 36.4 Å². The highest BCUT2D eigenvalue weighted by Gasteiger charge is 2.17. The molecule has 0 radical (unpaired) electrons. The minimum atomic E-state index is 0.888. The summed E-state index contributed by atoms with van der Waals surface area (Å²) < 4.78 is 0. The van der Waals surface area contributed by atoms with Crippen LogP contribution in [0.4, 0.5) is 0 Å². The summed E-state index contributed by atoms with van der Waals surface area (Å²) in [5.74, 6) is 0. The molecule has 0 saturated heterocycles. The highest BCUT2D eigenvalue weighted by atomic mass is 14.7. The summed E-state index contributed by atoms with van der Waals surface area (Å²) in [6.45, 7) is 0. The molecule has 4 aromatic heterocycles. The van der Waals surface area contributed by atoms with E-state index in [2.05, 4.69) is 194 Å². The predicted octanol–water partition coefficient (Wildman–Crippen LogP) is 14.9. The molecule has 290 valence electrons. The molecule has 0 aliphatic rings. The van der Waals surface area contributed by atoms with Gasteiger partial charge in [-0.05, 0) is 76.9 Å². The molecule has 0 aliphatic heterocycles. The van der Waals surface area contributed by atoms with E-state index in [-0.39, 0.29) is 0 Å². The van der Waals surface area contributed by atoms with Crippen molar-refractivity contribution < 1.29 is 0 Å². The van der Waals surface area contributed by atoms with E-state index in [0.717, 1.165) is 112 Å². The number of fused-ring (bicyclic) bond motifs is 2. The summed E-state index contributed by atoms with van der Waals surface area (Å²) in [5, 5.41) is 2.11. The molecule has 0 bridgehead atoms. The monoisotopic (exact) mass is 790 g/mol. The van der Waals surface area contributed by atoms with Crippen LogP contribution in [-0.2, 0) is 0 Å². The van der Waals surface area contributed by atoms with Gasteiger partial charge in [0.1, 0.15) is 0 Å². The number of para-hydroxylation sites is 2. The van der Waals surface area contributed by atoms with Gasteiger partial charge in [-0.15, -0.1) is 0 Å². The Kier molecular flexibility index (Phi) is 9.49. The highest BCUT2D eigenvalue weighted by molar-refractivity contribution is 5.98. The molecule has 0 unspecified atom stereocenters. The van der Waals surface area contributed by atoms with Crippen LogP contribution in [0.5, 0.6) is 0 Å². The molecule has 0 atom stereocenters. The van der Waals surface area contributed by atoms with Crippen molar-refractivity contribution in [1.29, 1.82) is 0 Å². The normalized spacial score (nSPS) is 11.2. The smallest absolute Gasteiger partial charge is 0.0723 e. The Bertz CT molecular complexity index is 3160. The van der Waals surface area contributed by atoms with Crippen LogP contribution in [0.1, 0.15) is 0 Å². The third-order valence-electron chi connectivity index (χ3n) is 11.4. The fourth-order valence-corrected chi connectivity index (χ4v) is 8.35. The van der Waals surface area contributed by atoms with E-state index in [1.165, 1.54) is 0 Å². The summed E-state index contributed by atoms with van der Waals surface area (Å²) >= 11 is 0. The number of benzene rings is 7. The van der Waals surface area contributed by atoms with Crippen molar-refractivity contribution in [2.75, 3.05) is 0 Å². The Labute approximate surface area is 360 Å². The molecular weight excluding hydrogens is 753 g/mol. The highest BCUT2D eigenvalue weighted by Crippen LogP contribution is 2.39. The van der Waals surface area contributed by atoms with E-state index < -0.39 is 0 Å². The third-order valence-corrected chi connectivity index (χ3v) is 11.4. The molecular formula is C58H38N4. The summed E-state index contributed by atoms with van der Waals surface area (Å²) in [7, 11) is 0. The van der Waals surface area contributed by atoms with Crippen LogP contribution in [0.15, 0.2) is 231 Å². The van der Waals surface area contributed by atoms with Crippen LogP contribution < -0.4 is 0 Å². The zero-order valence-electron chi connectivity index (χ0n) is 33.7. The predicted molar refractivity (Wildman–Crippen MR) is 256 cm³/mol. The summed E-state index contributed by atoms with van der Waals surface area (Å²) in [4.78, 5) is 20.9. The molecule has 7 aromatic carbocycles. The van der Waals surface area contributed by atoms with E-state index in [1.54, 1.807) is 0 Å². The molecule has 4 nitrogen and oxygen atoms in total. The maximum atomic E-state index is 5.37. The summed E-state index contributed by atoms with van der Waals surface area (Å²) in [6.07, 6.45) is 0. The summed E-state index contributed by atoms with van der Waals surface area (Å²) in [5.41, 5.74) is 17.9. The van der Waals surface area contributed by atoms with E-state index >= 15 is 0 Å². The number of aromatic nitrogens is 4. The van der Waals surface area contributed by atoms with Crippen LogP contribution >= 0.6 is 0 Å². The fourth-order valence-electron chi connectivity index (χ4n) is 8.35. The SMILES string of the molecule is c1ccc(-c2cc(-c3cccc(-c4cc(-c5ccccc5)nc(-c5cc(-c6ccccc6)nc6ccccc56)c4)c3)cc(-c3cc(-c4ccccc4)nc4ccccc34)n2)cc1. The minimum absolute atomic E-state index is 0.888. The van der Waals surface area contributed by atoms with Gasteiger partial charge in [0, 0.05) is 44.2 Å². The van der Waals surface area contributed by atoms with Gasteiger partial charge in [-0.3, -0.25) is 0 Å². The van der Waals surface area contributed by atoms with Gasteiger partial charge >= 0.3 is 0 Å². The first-order valence-corrected chi connectivity index (χ1v) is 20.9. The quantitative estimate of drug-likeness (QED) is 0.154. The average Bonchev–Trinajstić information content (AvgIpc) is 3.36. The first kappa shape index (κ1) is 36.7. The van der Waals surface area contributed by atoms with Crippen molar-refractivity contribution in [3.63, 3.8) is 0 Å². The molecule has 0 amide bonds. The van der Waals surface area contributed by atoms with E-state index in [0.29, 0.717) is 0 Å². The van der Waals surface area contributed by atoms with Crippen LogP contribution in [0.2, 0.25) is 0 Å². The number of nitrogens with zero attached hydrogens (tertiary/aromatic N) is 4. The van der Waals surface area contributed by atoms with Gasteiger partial charge in [0.15, 0.2) is 0 Å². The molecule has 0 fully saturated rings. The zero-order valence-corrected chi connectivity index (χ0v) is 33.7. The first-order valence-electron chi connectivity index (χ1n) is 20.9. The lowest BCUT2D eigenvalue weighted by atomic mass is 9.94. The third kappa shape index (κ3) is 7.20. The summed E-state index contributed by atoms with van der Waals surface area (Å²) in [6, 6.07) is 80.4. The van der Waals surface area contributed by atoms with Crippen LogP contribution in [0, 0.1) is 0 Å². The minimum Gasteiger partial charge on any atom is -0.248 e. The Balaban J connectivity index is 1.09. The number of hydrogen-bond acceptors (Lipinski definition) is 4. The average molecular weight is 791 g/mol. The van der Waals surface area contributed by atoms with Crippen molar-refractivity contribution in [2.24, 2.45) is 0 Å². The van der Waals surface area contributed by atoms with Crippen molar-refractivity contribution in [2.45, 2.75) is 0 Å². The van der Waals surface area contributed by atoms with E-state index in [4.69, 9.17) is 19.9 Å². The molecule has 4 heterocycles. The second-order valence-corrected chi connectivity index (χ2v) is 15.4. The topological polar surface area (TPSA) is 51.6 Å². The second-order valence-electron chi connectivity index (χ2n) is 15.4. The number of rotatable bonds is 8. The van der Waals surface area contributed by atoms with Crippen molar-refractivity contribution >= 4 is 21.8 Å². The van der Waals surface area contributed by atoms with Crippen LogP contribution in [0.3, 0.4) is 0 Å². The van der Waals surface area contributed by atoms with Crippen molar-refractivity contribution in [3.8, 4) is 89.8 Å². The number of hydrogen-bond donors (Lipinski definition) is 0. The van der Waals surface area contributed by atoms with Gasteiger partial charge in [0.2, 0.25) is 0 Å². The molecule has 11 aromatic rings. The standard InChI is InChI=1S/C58H38N4/c1-5-18-39(19-6-1)53-33-45(35-57(61-53)49-37-55(41-22-9-3-10-23-41)59-51-30-15-13-28-47(49)51)43-26-17-27-44(32-43)46-34-54(40-20-7-2-8-21-40)62-58(36-46)50-38-56(42-24-11-4-12-25-42)60-52-31-16-14-29-48(50)52/h1-38H. The van der Waals surface area contributed by atoms with Crippen LogP contribution in [0.25, 0.3) is 112 Å². The fraction of sp³-hybridized carbons (Fsp3) is 0. The van der Waals surface area contributed by atoms with Gasteiger partial charge in [-0.1, -0.05) is 176 Å². The van der Waals surface area contributed by atoms with Gasteiger partial charge < -0.3 is 0 Å². The molecule has 62 heavy (non-hydrogen) atoms. The molecule has 0 spiro atoms. The molecule has 0 aliphatic carbocycles. The molecule has 11 rings (SSSR count). The maximum Gasteiger partial charge on any atom is 0.0723 e. The number of pyridine rings is 4. The molecule has 0 saturated carbocycles. The lowest BCUT2D eigenvalue weighted by Gasteiger charge is -2.15. The largest absolute Gasteiger partial charge is 0.248 e. The van der Waals surface area contributed by atoms with E-state index in [9.17, 15) is 0 Å². The molecule has 4 heteroatoms. The van der Waals surface area contributed by atoms with Gasteiger partial charge in [-0.25, -0.2) is 19.9 Å². The van der Waals surface area contributed by atoms with Crippen LogP contribution in [-0.4, -0.2) is 19.9 Å². The second kappa shape index (κ2) is 16.0. The van der Waals surface area contributed by atoms with Crippen molar-refractivity contribution in [1.82, 2.24) is 19.9 Å².